The molecule has 0 radical (unpaired) electrons. The molecule has 1 atom stereocenters. The molecule has 0 aromatic carbocycles. The molecular weight excluding hydrogens is 162 g/mol. The molecule has 0 fully saturated rings. The highest BCUT2D eigenvalue weighted by atomic mass is 16.5. The van der Waals surface area contributed by atoms with Crippen molar-refractivity contribution in [2.24, 2.45) is 10.9 Å². The fourth-order valence-corrected chi connectivity index (χ4v) is 0.837. The maximum absolute atomic E-state index is 10.7. The largest absolute Gasteiger partial charge is 0.483 e. The summed E-state index contributed by atoms with van der Waals surface area (Å²) < 4.78 is 4.63. The maximum atomic E-state index is 10.7. The zero-order valence-electron chi connectivity index (χ0n) is 6.35. The van der Waals surface area contributed by atoms with Gasteiger partial charge >= 0.3 is 5.97 Å². The van der Waals surface area contributed by atoms with Crippen LogP contribution in [0.1, 0.15) is 0 Å². The number of amides is 1. The van der Waals surface area contributed by atoms with Gasteiger partial charge in [-0.2, -0.15) is 4.99 Å². The summed E-state index contributed by atoms with van der Waals surface area (Å²) in [6.45, 7) is 0. The molecular formula is C7H7NO4. The van der Waals surface area contributed by atoms with Crippen LogP contribution in [0.3, 0.4) is 0 Å². The first-order chi connectivity index (χ1) is 5.65. The second-order valence-corrected chi connectivity index (χ2v) is 2.17. The lowest BCUT2D eigenvalue weighted by atomic mass is 10.1. The molecule has 5 heteroatoms. The number of aliphatic imine (C=N–C) groups is 1. The van der Waals surface area contributed by atoms with E-state index in [1.165, 1.54) is 13.2 Å². The van der Waals surface area contributed by atoms with E-state index in [4.69, 9.17) is 5.11 Å². The van der Waals surface area contributed by atoms with Crippen LogP contribution in [-0.2, 0) is 14.3 Å². The van der Waals surface area contributed by atoms with E-state index in [1.54, 1.807) is 0 Å². The number of rotatable bonds is 1. The van der Waals surface area contributed by atoms with Gasteiger partial charge in [-0.1, -0.05) is 6.08 Å². The standard InChI is InChI=1S/C7H7NO4/c1-12-6-4(7(10)11)2-3-5(9)8-6/h2-4H,1H3,(H,10,11). The van der Waals surface area contributed by atoms with E-state index >= 15 is 0 Å². The summed E-state index contributed by atoms with van der Waals surface area (Å²) in [7, 11) is 1.28. The molecule has 1 rings (SSSR count). The molecule has 1 heterocycles. The van der Waals surface area contributed by atoms with Gasteiger partial charge in [0.2, 0.25) is 5.90 Å². The monoisotopic (exact) mass is 169 g/mol. The van der Waals surface area contributed by atoms with E-state index in [-0.39, 0.29) is 5.90 Å². The van der Waals surface area contributed by atoms with E-state index in [2.05, 4.69) is 9.73 Å². The van der Waals surface area contributed by atoms with Crippen molar-refractivity contribution in [3.8, 4) is 0 Å². The van der Waals surface area contributed by atoms with Crippen molar-refractivity contribution in [2.75, 3.05) is 7.11 Å². The Kier molecular flexibility index (Phi) is 2.23. The van der Waals surface area contributed by atoms with E-state index in [0.29, 0.717) is 0 Å². The second kappa shape index (κ2) is 3.17. The third-order valence-corrected chi connectivity index (χ3v) is 1.39. The molecule has 0 aliphatic carbocycles. The van der Waals surface area contributed by atoms with Crippen LogP contribution in [0, 0.1) is 5.92 Å². The molecule has 0 saturated carbocycles. The minimum absolute atomic E-state index is 0.0741. The van der Waals surface area contributed by atoms with E-state index in [1.807, 2.05) is 0 Å². The van der Waals surface area contributed by atoms with Crippen LogP contribution in [0.5, 0.6) is 0 Å². The Hall–Kier alpha value is -1.65. The van der Waals surface area contributed by atoms with Crippen LogP contribution >= 0.6 is 0 Å². The first-order valence-electron chi connectivity index (χ1n) is 3.22. The lowest BCUT2D eigenvalue weighted by molar-refractivity contribution is -0.138. The molecule has 0 bridgehead atoms. The first-order valence-corrected chi connectivity index (χ1v) is 3.22. The number of methoxy groups -OCH3 is 1. The highest BCUT2D eigenvalue weighted by molar-refractivity contribution is 6.09. The molecule has 0 saturated heterocycles. The average molecular weight is 169 g/mol. The number of aliphatic carboxylic acids is 1. The number of carbonyl (C=O) groups is 2. The van der Waals surface area contributed by atoms with Crippen LogP contribution in [-0.4, -0.2) is 30.0 Å². The number of carboxylic acids is 1. The van der Waals surface area contributed by atoms with E-state index < -0.39 is 17.8 Å². The molecule has 1 amide bonds. The Bertz CT molecular complexity index is 279. The van der Waals surface area contributed by atoms with Gasteiger partial charge in [-0.25, -0.2) is 0 Å². The van der Waals surface area contributed by atoms with Crippen LogP contribution < -0.4 is 0 Å². The highest BCUT2D eigenvalue weighted by Gasteiger charge is 2.25. The van der Waals surface area contributed by atoms with Crippen molar-refractivity contribution in [3.63, 3.8) is 0 Å². The number of hydrogen-bond donors (Lipinski definition) is 1. The van der Waals surface area contributed by atoms with Crippen LogP contribution in [0.15, 0.2) is 17.1 Å². The predicted octanol–water partition coefficient (Wildman–Crippen LogP) is -0.172. The van der Waals surface area contributed by atoms with E-state index in [9.17, 15) is 9.59 Å². The third kappa shape index (κ3) is 1.50. The fraction of sp³-hybridized carbons (Fsp3) is 0.286. The minimum atomic E-state index is -1.08. The molecule has 0 aromatic rings. The van der Waals surface area contributed by atoms with Crippen molar-refractivity contribution in [1.82, 2.24) is 0 Å². The number of nitrogens with zero attached hydrogens (tertiary/aromatic N) is 1. The Morgan fingerprint density at radius 3 is 2.92 bits per heavy atom. The summed E-state index contributed by atoms with van der Waals surface area (Å²) >= 11 is 0. The third-order valence-electron chi connectivity index (χ3n) is 1.39. The molecule has 5 nitrogen and oxygen atoms in total. The molecule has 0 aromatic heterocycles. The van der Waals surface area contributed by atoms with Crippen LogP contribution in [0.25, 0.3) is 0 Å². The summed E-state index contributed by atoms with van der Waals surface area (Å²) in [4.78, 5) is 24.6. The van der Waals surface area contributed by atoms with Crippen molar-refractivity contribution in [3.05, 3.63) is 12.2 Å². The Balaban J connectivity index is 2.90. The highest BCUT2D eigenvalue weighted by Crippen LogP contribution is 2.09. The topological polar surface area (TPSA) is 76.0 Å². The summed E-state index contributed by atoms with van der Waals surface area (Å²) in [5, 5.41) is 8.60. The van der Waals surface area contributed by atoms with Crippen molar-refractivity contribution in [2.45, 2.75) is 0 Å². The van der Waals surface area contributed by atoms with Gasteiger partial charge in [0, 0.05) is 6.08 Å². The average Bonchev–Trinajstić information content (AvgIpc) is 2.03. The van der Waals surface area contributed by atoms with Crippen molar-refractivity contribution >= 4 is 17.8 Å². The van der Waals surface area contributed by atoms with Crippen LogP contribution in [0.2, 0.25) is 0 Å². The normalized spacial score (nSPS) is 21.9. The van der Waals surface area contributed by atoms with Gasteiger partial charge in [0.15, 0.2) is 5.92 Å². The van der Waals surface area contributed by atoms with Crippen LogP contribution in [0.4, 0.5) is 0 Å². The zero-order chi connectivity index (χ0) is 9.14. The quantitative estimate of drug-likeness (QED) is 0.591. The van der Waals surface area contributed by atoms with Gasteiger partial charge in [-0.15, -0.1) is 0 Å². The summed E-state index contributed by atoms with van der Waals surface area (Å²) in [6.07, 6.45) is 2.36. The molecule has 1 unspecified atom stereocenters. The van der Waals surface area contributed by atoms with Gasteiger partial charge in [0.25, 0.3) is 5.91 Å². The summed E-state index contributed by atoms with van der Waals surface area (Å²) in [5.41, 5.74) is 0. The van der Waals surface area contributed by atoms with Crippen molar-refractivity contribution in [1.29, 1.82) is 0 Å². The number of ether oxygens (including phenoxy) is 1. The van der Waals surface area contributed by atoms with E-state index in [0.717, 1.165) is 6.08 Å². The molecule has 12 heavy (non-hydrogen) atoms. The lowest BCUT2D eigenvalue weighted by Crippen LogP contribution is -2.26. The van der Waals surface area contributed by atoms with Gasteiger partial charge in [-0.3, -0.25) is 9.59 Å². The second-order valence-electron chi connectivity index (χ2n) is 2.17. The summed E-state index contributed by atoms with van der Waals surface area (Å²) in [6, 6.07) is 0. The fourth-order valence-electron chi connectivity index (χ4n) is 0.837. The Labute approximate surface area is 68.4 Å². The number of dihydropyridines is 1. The van der Waals surface area contributed by atoms with Crippen molar-refractivity contribution < 1.29 is 19.4 Å². The Morgan fingerprint density at radius 1 is 1.75 bits per heavy atom. The number of carboxylic acid groups (broad SMARTS) is 1. The molecule has 64 valence electrons. The minimum Gasteiger partial charge on any atom is -0.483 e. The smallest absolute Gasteiger partial charge is 0.319 e. The molecule has 1 aliphatic rings. The molecule has 0 spiro atoms. The van der Waals surface area contributed by atoms with Gasteiger partial charge < -0.3 is 9.84 Å². The zero-order valence-corrected chi connectivity index (χ0v) is 6.35. The molecule has 1 N–H and O–H groups in total. The Morgan fingerprint density at radius 2 is 2.42 bits per heavy atom. The SMILES string of the molecule is COC1=NC(=O)C=CC1C(=O)O. The number of hydrogen-bond acceptors (Lipinski definition) is 3. The maximum Gasteiger partial charge on any atom is 0.319 e. The van der Waals surface area contributed by atoms with Gasteiger partial charge in [0.1, 0.15) is 0 Å². The summed E-state index contributed by atoms with van der Waals surface area (Å²) in [5.74, 6) is -2.59. The van der Waals surface area contributed by atoms with Gasteiger partial charge in [0.05, 0.1) is 7.11 Å². The predicted molar refractivity (Wildman–Crippen MR) is 39.7 cm³/mol. The molecule has 1 aliphatic heterocycles. The number of carbonyl (C=O) groups excluding carboxylic acids is 1. The van der Waals surface area contributed by atoms with Gasteiger partial charge in [-0.05, 0) is 0 Å². The first kappa shape index (κ1) is 8.45. The lowest BCUT2D eigenvalue weighted by Gasteiger charge is -2.11.